The summed E-state index contributed by atoms with van der Waals surface area (Å²) in [6, 6.07) is 0. The molecule has 0 saturated carbocycles. The fourth-order valence-electron chi connectivity index (χ4n) is 1.65. The van der Waals surface area contributed by atoms with Crippen LogP contribution in [0.15, 0.2) is 10.8 Å². The summed E-state index contributed by atoms with van der Waals surface area (Å²) >= 11 is 1.56. The number of fused-ring (bicyclic) bond motifs is 1. The van der Waals surface area contributed by atoms with Gasteiger partial charge in [0.25, 0.3) is 0 Å². The number of rotatable bonds is 6. The van der Waals surface area contributed by atoms with E-state index in [2.05, 4.69) is 5.32 Å². The predicted molar refractivity (Wildman–Crippen MR) is 68.3 cm³/mol. The number of esters is 1. The van der Waals surface area contributed by atoms with Crippen LogP contribution in [0.25, 0.3) is 0 Å². The third-order valence-electron chi connectivity index (χ3n) is 2.49. The standard InChI is InChI=1S/C12H17NO4S/c1-2-15-12(14)3-4-13-5-9-6-16-10-7-18-8-11(10)17-9/h7-9,13H,2-6H2,1H3. The summed E-state index contributed by atoms with van der Waals surface area (Å²) in [6.07, 6.45) is 0.375. The average Bonchev–Trinajstić information content (AvgIpc) is 2.82. The molecular formula is C12H17NO4S. The molecule has 2 heterocycles. The molecule has 100 valence electrons. The van der Waals surface area contributed by atoms with Gasteiger partial charge in [-0.15, -0.1) is 11.3 Å². The minimum absolute atomic E-state index is 0.00528. The van der Waals surface area contributed by atoms with Crippen molar-refractivity contribution < 1.29 is 19.0 Å². The number of carbonyl (C=O) groups is 1. The second kappa shape index (κ2) is 6.61. The van der Waals surface area contributed by atoms with Crippen molar-refractivity contribution in [2.75, 3.05) is 26.3 Å². The summed E-state index contributed by atoms with van der Waals surface area (Å²) in [5.41, 5.74) is 0. The number of ether oxygens (including phenoxy) is 3. The Morgan fingerprint density at radius 3 is 3.22 bits per heavy atom. The van der Waals surface area contributed by atoms with Crippen molar-refractivity contribution in [3.63, 3.8) is 0 Å². The average molecular weight is 271 g/mol. The minimum atomic E-state index is -0.175. The van der Waals surface area contributed by atoms with Gasteiger partial charge < -0.3 is 19.5 Å². The Hall–Kier alpha value is -1.27. The monoisotopic (exact) mass is 271 g/mol. The van der Waals surface area contributed by atoms with Crippen LogP contribution in [0.4, 0.5) is 0 Å². The van der Waals surface area contributed by atoms with Gasteiger partial charge >= 0.3 is 5.97 Å². The molecule has 0 amide bonds. The molecule has 1 atom stereocenters. The Labute approximate surface area is 110 Å². The Kier molecular flexibility index (Phi) is 4.83. The van der Waals surface area contributed by atoms with E-state index in [0.717, 1.165) is 11.5 Å². The molecule has 5 nitrogen and oxygen atoms in total. The zero-order chi connectivity index (χ0) is 12.8. The highest BCUT2D eigenvalue weighted by molar-refractivity contribution is 7.08. The Morgan fingerprint density at radius 1 is 1.56 bits per heavy atom. The summed E-state index contributed by atoms with van der Waals surface area (Å²) < 4.78 is 16.1. The normalized spacial score (nSPS) is 17.5. The number of hydrogen-bond acceptors (Lipinski definition) is 6. The van der Waals surface area contributed by atoms with Crippen LogP contribution in [0.1, 0.15) is 13.3 Å². The van der Waals surface area contributed by atoms with Gasteiger partial charge in [-0.3, -0.25) is 4.79 Å². The quantitative estimate of drug-likeness (QED) is 0.626. The molecular weight excluding hydrogens is 254 g/mol. The van der Waals surface area contributed by atoms with E-state index in [-0.39, 0.29) is 12.1 Å². The molecule has 18 heavy (non-hydrogen) atoms. The van der Waals surface area contributed by atoms with Crippen molar-refractivity contribution in [1.82, 2.24) is 5.32 Å². The highest BCUT2D eigenvalue weighted by atomic mass is 32.1. The SMILES string of the molecule is CCOC(=O)CCNCC1COc2cscc2O1. The van der Waals surface area contributed by atoms with E-state index in [1.165, 1.54) is 0 Å². The Bertz CT molecular complexity index is 393. The minimum Gasteiger partial charge on any atom is -0.485 e. The van der Waals surface area contributed by atoms with E-state index in [4.69, 9.17) is 14.2 Å². The van der Waals surface area contributed by atoms with Gasteiger partial charge in [0.15, 0.2) is 11.5 Å². The molecule has 1 unspecified atom stereocenters. The summed E-state index contributed by atoms with van der Waals surface area (Å²) in [7, 11) is 0. The lowest BCUT2D eigenvalue weighted by Gasteiger charge is -2.24. The van der Waals surface area contributed by atoms with E-state index < -0.39 is 0 Å². The number of nitrogens with one attached hydrogen (secondary N) is 1. The lowest BCUT2D eigenvalue weighted by atomic mass is 10.3. The van der Waals surface area contributed by atoms with E-state index >= 15 is 0 Å². The third-order valence-corrected chi connectivity index (χ3v) is 3.19. The summed E-state index contributed by atoms with van der Waals surface area (Å²) in [5.74, 6) is 1.46. The highest BCUT2D eigenvalue weighted by Crippen LogP contribution is 2.34. The van der Waals surface area contributed by atoms with Gasteiger partial charge in [-0.05, 0) is 6.92 Å². The second-order valence-electron chi connectivity index (χ2n) is 3.91. The molecule has 1 aliphatic heterocycles. The molecule has 1 aliphatic rings. The first kappa shape index (κ1) is 13.2. The van der Waals surface area contributed by atoms with Crippen molar-refractivity contribution in [2.45, 2.75) is 19.4 Å². The molecule has 0 saturated heterocycles. The lowest BCUT2D eigenvalue weighted by molar-refractivity contribution is -0.142. The van der Waals surface area contributed by atoms with Crippen molar-refractivity contribution >= 4 is 17.3 Å². The Balaban J connectivity index is 1.62. The molecule has 0 aliphatic carbocycles. The molecule has 6 heteroatoms. The topological polar surface area (TPSA) is 56.8 Å². The van der Waals surface area contributed by atoms with Gasteiger partial charge in [0.1, 0.15) is 12.7 Å². The molecule has 0 bridgehead atoms. The van der Waals surface area contributed by atoms with Gasteiger partial charge in [-0.2, -0.15) is 0 Å². The molecule has 1 aromatic heterocycles. The summed E-state index contributed by atoms with van der Waals surface area (Å²) in [6.45, 7) is 4.02. The fraction of sp³-hybridized carbons (Fsp3) is 0.583. The maximum absolute atomic E-state index is 11.1. The highest BCUT2D eigenvalue weighted by Gasteiger charge is 2.21. The van der Waals surface area contributed by atoms with Gasteiger partial charge in [0, 0.05) is 23.8 Å². The van der Waals surface area contributed by atoms with Crippen molar-refractivity contribution in [3.05, 3.63) is 10.8 Å². The third kappa shape index (κ3) is 3.61. The predicted octanol–water partition coefficient (Wildman–Crippen LogP) is 1.43. The molecule has 1 N–H and O–H groups in total. The van der Waals surface area contributed by atoms with Gasteiger partial charge in [-0.25, -0.2) is 0 Å². The largest absolute Gasteiger partial charge is 0.485 e. The molecule has 0 spiro atoms. The fourth-order valence-corrected chi connectivity index (χ4v) is 2.32. The van der Waals surface area contributed by atoms with Gasteiger partial charge in [-0.1, -0.05) is 0 Å². The summed E-state index contributed by atoms with van der Waals surface area (Å²) in [5, 5.41) is 7.03. The molecule has 2 rings (SSSR count). The van der Waals surface area contributed by atoms with Crippen LogP contribution in [-0.2, 0) is 9.53 Å². The van der Waals surface area contributed by atoms with Crippen LogP contribution in [0.3, 0.4) is 0 Å². The van der Waals surface area contributed by atoms with Crippen LogP contribution < -0.4 is 14.8 Å². The first-order valence-electron chi connectivity index (χ1n) is 6.01. The lowest BCUT2D eigenvalue weighted by Crippen LogP contribution is -2.38. The maximum atomic E-state index is 11.1. The van der Waals surface area contributed by atoms with Crippen LogP contribution in [0, 0.1) is 0 Å². The number of hydrogen-bond donors (Lipinski definition) is 1. The number of thiophene rings is 1. The molecule has 0 radical (unpaired) electrons. The Morgan fingerprint density at radius 2 is 2.39 bits per heavy atom. The van der Waals surface area contributed by atoms with Crippen LogP contribution in [0.2, 0.25) is 0 Å². The maximum Gasteiger partial charge on any atom is 0.307 e. The van der Waals surface area contributed by atoms with Gasteiger partial charge in [0.05, 0.1) is 13.0 Å². The van der Waals surface area contributed by atoms with E-state index in [1.807, 2.05) is 10.8 Å². The smallest absolute Gasteiger partial charge is 0.307 e. The molecule has 1 aromatic rings. The first-order chi connectivity index (χ1) is 8.79. The number of carbonyl (C=O) groups excluding carboxylic acids is 1. The zero-order valence-corrected chi connectivity index (χ0v) is 11.1. The van der Waals surface area contributed by atoms with Crippen molar-refractivity contribution in [2.24, 2.45) is 0 Å². The van der Waals surface area contributed by atoms with E-state index in [1.54, 1.807) is 18.3 Å². The summed E-state index contributed by atoms with van der Waals surface area (Å²) in [4.78, 5) is 11.1. The van der Waals surface area contributed by atoms with Crippen molar-refractivity contribution in [3.8, 4) is 11.5 Å². The van der Waals surface area contributed by atoms with Crippen LogP contribution >= 0.6 is 11.3 Å². The van der Waals surface area contributed by atoms with E-state index in [0.29, 0.717) is 32.7 Å². The van der Waals surface area contributed by atoms with Gasteiger partial charge in [0.2, 0.25) is 0 Å². The second-order valence-corrected chi connectivity index (χ2v) is 4.65. The zero-order valence-electron chi connectivity index (χ0n) is 10.3. The first-order valence-corrected chi connectivity index (χ1v) is 6.96. The van der Waals surface area contributed by atoms with Crippen molar-refractivity contribution in [1.29, 1.82) is 0 Å². The molecule has 0 fully saturated rings. The van der Waals surface area contributed by atoms with Crippen LogP contribution in [-0.4, -0.2) is 38.4 Å². The molecule has 0 aromatic carbocycles. The van der Waals surface area contributed by atoms with Crippen LogP contribution in [0.5, 0.6) is 11.5 Å². The van der Waals surface area contributed by atoms with E-state index in [9.17, 15) is 4.79 Å².